The van der Waals surface area contributed by atoms with E-state index in [1.807, 2.05) is 6.92 Å². The molecule has 0 aliphatic heterocycles. The zero-order chi connectivity index (χ0) is 13.4. The Morgan fingerprint density at radius 1 is 1.18 bits per heavy atom. The maximum atomic E-state index is 11.3. The minimum absolute atomic E-state index is 0.359. The van der Waals surface area contributed by atoms with Crippen molar-refractivity contribution in [3.8, 4) is 0 Å². The second-order valence-corrected chi connectivity index (χ2v) is 3.82. The molecule has 4 atom stereocenters. The van der Waals surface area contributed by atoms with Crippen molar-refractivity contribution in [1.82, 2.24) is 5.32 Å². The van der Waals surface area contributed by atoms with Gasteiger partial charge in [-0.05, 0) is 6.42 Å². The molecule has 0 aromatic carbocycles. The summed E-state index contributed by atoms with van der Waals surface area (Å²) in [4.78, 5) is 11.3. The molecule has 102 valence electrons. The predicted molar refractivity (Wildman–Crippen MR) is 59.0 cm³/mol. The number of carbonyl (C=O) groups is 1. The normalized spacial score (nSPS) is 18.2. The molecular formula is C10H21NO6. The quantitative estimate of drug-likeness (QED) is 0.261. The lowest BCUT2D eigenvalue weighted by atomic mass is 10.0. The number of aliphatic hydroxyl groups excluding tert-OH is 5. The van der Waals surface area contributed by atoms with Gasteiger partial charge in [0.2, 0.25) is 0 Å². The van der Waals surface area contributed by atoms with Crippen LogP contribution in [0.25, 0.3) is 0 Å². The first kappa shape index (κ1) is 16.3. The van der Waals surface area contributed by atoms with Crippen LogP contribution in [0.2, 0.25) is 0 Å². The van der Waals surface area contributed by atoms with Crippen LogP contribution in [0, 0.1) is 0 Å². The summed E-state index contributed by atoms with van der Waals surface area (Å²) in [6, 6.07) is 0. The van der Waals surface area contributed by atoms with E-state index in [0.29, 0.717) is 6.54 Å². The number of aliphatic hydroxyl groups is 5. The van der Waals surface area contributed by atoms with Crippen LogP contribution in [-0.4, -0.2) is 69.0 Å². The summed E-state index contributed by atoms with van der Waals surface area (Å²) >= 11 is 0. The summed E-state index contributed by atoms with van der Waals surface area (Å²) in [6.07, 6.45) is -5.49. The molecule has 4 unspecified atom stereocenters. The van der Waals surface area contributed by atoms with Crippen LogP contribution < -0.4 is 5.32 Å². The molecule has 0 radical (unpaired) electrons. The number of hydrogen-bond acceptors (Lipinski definition) is 6. The number of nitrogens with one attached hydrogen (secondary N) is 1. The summed E-state index contributed by atoms with van der Waals surface area (Å²) in [7, 11) is 0. The van der Waals surface area contributed by atoms with Crippen molar-refractivity contribution < 1.29 is 30.3 Å². The lowest BCUT2D eigenvalue weighted by Gasteiger charge is -2.24. The van der Waals surface area contributed by atoms with E-state index in [9.17, 15) is 20.1 Å². The summed E-state index contributed by atoms with van der Waals surface area (Å²) < 4.78 is 0. The Morgan fingerprint density at radius 2 is 1.76 bits per heavy atom. The fourth-order valence-electron chi connectivity index (χ4n) is 1.17. The smallest absolute Gasteiger partial charge is 0.251 e. The molecule has 17 heavy (non-hydrogen) atoms. The van der Waals surface area contributed by atoms with Crippen LogP contribution in [0.3, 0.4) is 0 Å². The molecule has 0 aromatic heterocycles. The van der Waals surface area contributed by atoms with Gasteiger partial charge in [0, 0.05) is 6.54 Å². The molecule has 0 aliphatic rings. The molecule has 7 nitrogen and oxygen atoms in total. The van der Waals surface area contributed by atoms with Gasteiger partial charge in [-0.2, -0.15) is 0 Å². The first-order valence-electron chi connectivity index (χ1n) is 5.56. The van der Waals surface area contributed by atoms with Gasteiger partial charge >= 0.3 is 0 Å². The van der Waals surface area contributed by atoms with Gasteiger partial charge in [-0.15, -0.1) is 0 Å². The minimum Gasteiger partial charge on any atom is -0.394 e. The number of carbonyl (C=O) groups excluding carboxylic acids is 1. The van der Waals surface area contributed by atoms with E-state index in [2.05, 4.69) is 5.32 Å². The molecule has 0 aromatic rings. The van der Waals surface area contributed by atoms with Gasteiger partial charge in [0.15, 0.2) is 6.10 Å². The summed E-state index contributed by atoms with van der Waals surface area (Å²) in [5, 5.41) is 48.0. The van der Waals surface area contributed by atoms with Gasteiger partial charge < -0.3 is 30.8 Å². The average molecular weight is 251 g/mol. The van der Waals surface area contributed by atoms with E-state index in [1.54, 1.807) is 0 Å². The lowest BCUT2D eigenvalue weighted by molar-refractivity contribution is -0.148. The van der Waals surface area contributed by atoms with E-state index in [0.717, 1.165) is 12.8 Å². The molecule has 7 heteroatoms. The van der Waals surface area contributed by atoms with Gasteiger partial charge in [0.05, 0.1) is 6.61 Å². The Morgan fingerprint density at radius 3 is 2.24 bits per heavy atom. The Balaban J connectivity index is 4.18. The first-order valence-corrected chi connectivity index (χ1v) is 5.56. The Hall–Kier alpha value is -0.730. The van der Waals surface area contributed by atoms with Crippen molar-refractivity contribution in [2.45, 2.75) is 44.2 Å². The first-order chi connectivity index (χ1) is 7.95. The van der Waals surface area contributed by atoms with Crippen LogP contribution in [0.5, 0.6) is 0 Å². The molecule has 6 N–H and O–H groups in total. The van der Waals surface area contributed by atoms with E-state index >= 15 is 0 Å². The Kier molecular flexibility index (Phi) is 8.01. The maximum Gasteiger partial charge on any atom is 0.251 e. The fourth-order valence-corrected chi connectivity index (χ4v) is 1.17. The van der Waals surface area contributed by atoms with Gasteiger partial charge in [-0.3, -0.25) is 4.79 Å². The highest BCUT2D eigenvalue weighted by atomic mass is 16.4. The van der Waals surface area contributed by atoms with Crippen LogP contribution >= 0.6 is 0 Å². The third-order valence-electron chi connectivity index (χ3n) is 2.35. The molecule has 0 saturated heterocycles. The maximum absolute atomic E-state index is 11.3. The van der Waals surface area contributed by atoms with Crippen LogP contribution in [0.15, 0.2) is 0 Å². The molecule has 0 heterocycles. The van der Waals surface area contributed by atoms with E-state index in [4.69, 9.17) is 10.2 Å². The van der Waals surface area contributed by atoms with Crippen molar-refractivity contribution in [2.75, 3.05) is 13.2 Å². The van der Waals surface area contributed by atoms with E-state index in [-0.39, 0.29) is 0 Å². The average Bonchev–Trinajstić information content (AvgIpc) is 2.35. The van der Waals surface area contributed by atoms with Gasteiger partial charge in [0.25, 0.3) is 5.91 Å². The third kappa shape index (κ3) is 5.42. The van der Waals surface area contributed by atoms with E-state index < -0.39 is 36.9 Å². The molecule has 0 bridgehead atoms. The zero-order valence-corrected chi connectivity index (χ0v) is 9.78. The highest BCUT2D eigenvalue weighted by Crippen LogP contribution is 2.05. The molecule has 0 fully saturated rings. The van der Waals surface area contributed by atoms with Crippen molar-refractivity contribution in [1.29, 1.82) is 0 Å². The Bertz CT molecular complexity index is 225. The van der Waals surface area contributed by atoms with Crippen LogP contribution in [-0.2, 0) is 4.79 Å². The van der Waals surface area contributed by atoms with E-state index in [1.165, 1.54) is 0 Å². The van der Waals surface area contributed by atoms with Crippen molar-refractivity contribution in [2.24, 2.45) is 0 Å². The van der Waals surface area contributed by atoms with Crippen molar-refractivity contribution in [3.05, 3.63) is 0 Å². The van der Waals surface area contributed by atoms with Crippen molar-refractivity contribution in [3.63, 3.8) is 0 Å². The predicted octanol–water partition coefficient (Wildman–Crippen LogP) is -2.66. The molecule has 1 amide bonds. The largest absolute Gasteiger partial charge is 0.394 e. The van der Waals surface area contributed by atoms with Crippen molar-refractivity contribution >= 4 is 5.91 Å². The number of hydrogen-bond donors (Lipinski definition) is 6. The summed E-state index contributed by atoms with van der Waals surface area (Å²) in [6.45, 7) is 1.51. The van der Waals surface area contributed by atoms with Crippen LogP contribution in [0.4, 0.5) is 0 Å². The SMILES string of the molecule is CCCCNC(=O)C(O)C(O)C(O)C(O)CO. The van der Waals surface area contributed by atoms with Gasteiger partial charge in [-0.1, -0.05) is 13.3 Å². The second-order valence-electron chi connectivity index (χ2n) is 3.82. The standard InChI is InChI=1S/C10H21NO6/c1-2-3-4-11-10(17)9(16)8(15)7(14)6(13)5-12/h6-9,12-16H,2-5H2,1H3,(H,11,17). The highest BCUT2D eigenvalue weighted by molar-refractivity contribution is 5.81. The molecule has 0 rings (SSSR count). The van der Waals surface area contributed by atoms with Gasteiger partial charge in [0.1, 0.15) is 18.3 Å². The van der Waals surface area contributed by atoms with Gasteiger partial charge in [-0.25, -0.2) is 0 Å². The zero-order valence-electron chi connectivity index (χ0n) is 9.78. The molecule has 0 spiro atoms. The summed E-state index contributed by atoms with van der Waals surface area (Å²) in [5.41, 5.74) is 0. The summed E-state index contributed by atoms with van der Waals surface area (Å²) in [5.74, 6) is -0.824. The number of rotatable bonds is 8. The lowest BCUT2D eigenvalue weighted by Crippen LogP contribution is -2.51. The highest BCUT2D eigenvalue weighted by Gasteiger charge is 2.33. The molecular weight excluding hydrogens is 230 g/mol. The fraction of sp³-hybridized carbons (Fsp3) is 0.900. The monoisotopic (exact) mass is 251 g/mol. The second kappa shape index (κ2) is 8.37. The topological polar surface area (TPSA) is 130 Å². The minimum atomic E-state index is -1.85. The molecule has 0 aliphatic carbocycles. The number of amides is 1. The van der Waals surface area contributed by atoms with Crippen LogP contribution in [0.1, 0.15) is 19.8 Å². The Labute approximate surface area is 99.7 Å². The number of unbranched alkanes of at least 4 members (excludes halogenated alkanes) is 1. The molecule has 0 saturated carbocycles. The third-order valence-corrected chi connectivity index (χ3v) is 2.35.